The summed E-state index contributed by atoms with van der Waals surface area (Å²) in [6.07, 6.45) is 0. The van der Waals surface area contributed by atoms with Crippen LogP contribution >= 0.6 is 0 Å². The number of aromatic hydroxyl groups is 1. The Morgan fingerprint density at radius 3 is 2.30 bits per heavy atom. The largest absolute Gasteiger partial charge is 0.502 e. The van der Waals surface area contributed by atoms with E-state index in [2.05, 4.69) is 0 Å². The molecule has 2 heterocycles. The Bertz CT molecular complexity index is 1580. The number of nitrogens with two attached hydrogens (primary N) is 1. The van der Waals surface area contributed by atoms with E-state index in [1.165, 1.54) is 30.7 Å². The SMILES string of the molecule is COc1cc([C@H]2C(C#N)=C(N)OC3=C2S(=O)(=O)N(Cc2ccccc2)c2ccccc23)cc(OC)c1O. The van der Waals surface area contributed by atoms with Crippen molar-refractivity contribution in [3.8, 4) is 23.3 Å². The van der Waals surface area contributed by atoms with Crippen molar-refractivity contribution in [3.05, 3.63) is 99.8 Å². The lowest BCUT2D eigenvalue weighted by atomic mass is 9.87. The highest BCUT2D eigenvalue weighted by Crippen LogP contribution is 2.52. The van der Waals surface area contributed by atoms with Crippen molar-refractivity contribution in [3.63, 3.8) is 0 Å². The van der Waals surface area contributed by atoms with Crippen molar-refractivity contribution in [1.29, 1.82) is 5.26 Å². The van der Waals surface area contributed by atoms with Gasteiger partial charge in [0.2, 0.25) is 11.6 Å². The van der Waals surface area contributed by atoms with Crippen LogP contribution in [0.15, 0.2) is 83.1 Å². The van der Waals surface area contributed by atoms with Gasteiger partial charge in [-0.25, -0.2) is 8.42 Å². The van der Waals surface area contributed by atoms with Gasteiger partial charge in [-0.3, -0.25) is 4.31 Å². The molecular formula is C27H23N3O6S. The molecule has 0 aliphatic carbocycles. The summed E-state index contributed by atoms with van der Waals surface area (Å²) >= 11 is 0. The fourth-order valence-corrected chi connectivity index (χ4v) is 6.55. The van der Waals surface area contributed by atoms with Gasteiger partial charge in [0.05, 0.1) is 32.4 Å². The van der Waals surface area contributed by atoms with Gasteiger partial charge in [-0.05, 0) is 35.4 Å². The van der Waals surface area contributed by atoms with E-state index in [4.69, 9.17) is 19.9 Å². The Kier molecular flexibility index (Phi) is 5.93. The van der Waals surface area contributed by atoms with Crippen LogP contribution in [0.2, 0.25) is 0 Å². The molecule has 5 rings (SSSR count). The highest BCUT2D eigenvalue weighted by atomic mass is 32.2. The lowest BCUT2D eigenvalue weighted by Gasteiger charge is -2.38. The predicted molar refractivity (Wildman–Crippen MR) is 137 cm³/mol. The average Bonchev–Trinajstić information content (AvgIpc) is 2.91. The summed E-state index contributed by atoms with van der Waals surface area (Å²) in [5, 5.41) is 20.5. The van der Waals surface area contributed by atoms with Crippen LogP contribution in [-0.4, -0.2) is 27.7 Å². The number of hydrogen-bond donors (Lipinski definition) is 2. The number of fused-ring (bicyclic) bond motifs is 2. The first-order chi connectivity index (χ1) is 17.8. The van der Waals surface area contributed by atoms with Crippen molar-refractivity contribution in [2.45, 2.75) is 12.5 Å². The molecule has 3 N–H and O–H groups in total. The Morgan fingerprint density at radius 2 is 1.68 bits per heavy atom. The van der Waals surface area contributed by atoms with Gasteiger partial charge >= 0.3 is 0 Å². The highest BCUT2D eigenvalue weighted by Gasteiger charge is 2.47. The smallest absolute Gasteiger partial charge is 0.265 e. The van der Waals surface area contributed by atoms with E-state index in [0.717, 1.165) is 5.56 Å². The fraction of sp³-hybridized carbons (Fsp3) is 0.148. The van der Waals surface area contributed by atoms with Gasteiger partial charge in [-0.2, -0.15) is 5.26 Å². The monoisotopic (exact) mass is 517 g/mol. The van der Waals surface area contributed by atoms with Crippen molar-refractivity contribution in [2.24, 2.45) is 5.73 Å². The number of nitrogens with zero attached hydrogens (tertiary/aromatic N) is 2. The second-order valence-corrected chi connectivity index (χ2v) is 10.2. The first-order valence-corrected chi connectivity index (χ1v) is 12.7. The zero-order chi connectivity index (χ0) is 26.3. The molecule has 37 heavy (non-hydrogen) atoms. The molecule has 188 valence electrons. The minimum atomic E-state index is -4.25. The van der Waals surface area contributed by atoms with E-state index >= 15 is 0 Å². The van der Waals surface area contributed by atoms with Gasteiger partial charge in [0.25, 0.3) is 10.0 Å². The van der Waals surface area contributed by atoms with Crippen LogP contribution in [-0.2, 0) is 21.3 Å². The molecule has 0 fully saturated rings. The van der Waals surface area contributed by atoms with Crippen molar-refractivity contribution in [1.82, 2.24) is 0 Å². The molecule has 0 bridgehead atoms. The van der Waals surface area contributed by atoms with Crippen molar-refractivity contribution >= 4 is 21.5 Å². The Morgan fingerprint density at radius 1 is 1.05 bits per heavy atom. The third kappa shape index (κ3) is 3.80. The number of phenols is 1. The van der Waals surface area contributed by atoms with Crippen LogP contribution < -0.4 is 19.5 Å². The van der Waals surface area contributed by atoms with Crippen LogP contribution in [0.25, 0.3) is 5.76 Å². The number of phenolic OH excluding ortho intramolecular Hbond substituents is 1. The number of nitriles is 1. The highest BCUT2D eigenvalue weighted by molar-refractivity contribution is 7.96. The van der Waals surface area contributed by atoms with Gasteiger partial charge in [0, 0.05) is 5.56 Å². The normalized spacial score (nSPS) is 17.9. The summed E-state index contributed by atoms with van der Waals surface area (Å²) in [4.78, 5) is -0.136. The molecule has 2 aliphatic heterocycles. The first-order valence-electron chi connectivity index (χ1n) is 11.2. The molecule has 10 heteroatoms. The summed E-state index contributed by atoms with van der Waals surface area (Å²) in [7, 11) is -1.53. The summed E-state index contributed by atoms with van der Waals surface area (Å²) < 4.78 is 46.4. The second kappa shape index (κ2) is 9.11. The molecule has 0 saturated heterocycles. The third-order valence-electron chi connectivity index (χ3n) is 6.36. The number of ether oxygens (including phenoxy) is 3. The van der Waals surface area contributed by atoms with Gasteiger partial charge in [0.15, 0.2) is 17.3 Å². The van der Waals surface area contributed by atoms with Crippen LogP contribution in [0, 0.1) is 11.3 Å². The molecule has 1 atom stereocenters. The summed E-state index contributed by atoms with van der Waals surface area (Å²) in [6, 6.07) is 21.1. The molecule has 0 unspecified atom stereocenters. The van der Waals surface area contributed by atoms with Crippen molar-refractivity contribution < 1.29 is 27.7 Å². The van der Waals surface area contributed by atoms with Crippen molar-refractivity contribution in [2.75, 3.05) is 18.5 Å². The summed E-state index contributed by atoms with van der Waals surface area (Å²) in [5.41, 5.74) is 8.14. The van der Waals surface area contributed by atoms with Crippen LogP contribution in [0.3, 0.4) is 0 Å². The van der Waals surface area contributed by atoms with E-state index in [1.54, 1.807) is 24.3 Å². The summed E-state index contributed by atoms with van der Waals surface area (Å²) in [5.74, 6) is -1.46. The number of anilines is 1. The Hall–Kier alpha value is -4.62. The molecule has 0 radical (unpaired) electrons. The fourth-order valence-electron chi connectivity index (χ4n) is 4.64. The Balaban J connectivity index is 1.80. The number of rotatable bonds is 5. The van der Waals surface area contributed by atoms with E-state index < -0.39 is 15.9 Å². The van der Waals surface area contributed by atoms with Crippen LogP contribution in [0.4, 0.5) is 5.69 Å². The van der Waals surface area contributed by atoms with E-state index in [-0.39, 0.29) is 45.9 Å². The minimum absolute atomic E-state index is 0.0485. The first kappa shape index (κ1) is 24.1. The van der Waals surface area contributed by atoms with Gasteiger partial charge in [-0.1, -0.05) is 42.5 Å². The van der Waals surface area contributed by atoms with E-state index in [0.29, 0.717) is 16.8 Å². The molecule has 0 aromatic heterocycles. The maximum atomic E-state index is 14.3. The van der Waals surface area contributed by atoms with Gasteiger partial charge < -0.3 is 25.1 Å². The van der Waals surface area contributed by atoms with E-state index in [9.17, 15) is 18.8 Å². The molecule has 3 aromatic carbocycles. The molecular weight excluding hydrogens is 494 g/mol. The molecule has 9 nitrogen and oxygen atoms in total. The maximum Gasteiger partial charge on any atom is 0.265 e. The van der Waals surface area contributed by atoms with Crippen LogP contribution in [0.1, 0.15) is 22.6 Å². The molecule has 3 aromatic rings. The zero-order valence-corrected chi connectivity index (χ0v) is 20.8. The third-order valence-corrected chi connectivity index (χ3v) is 8.25. The number of allylic oxidation sites excluding steroid dienone is 2. The topological polar surface area (TPSA) is 135 Å². The number of para-hydroxylation sites is 1. The minimum Gasteiger partial charge on any atom is -0.502 e. The Labute approximate surface area is 214 Å². The number of methoxy groups -OCH3 is 2. The number of sulfonamides is 1. The molecule has 0 amide bonds. The van der Waals surface area contributed by atoms with Gasteiger partial charge in [-0.15, -0.1) is 0 Å². The van der Waals surface area contributed by atoms with Crippen LogP contribution in [0.5, 0.6) is 17.2 Å². The quantitative estimate of drug-likeness (QED) is 0.520. The summed E-state index contributed by atoms with van der Waals surface area (Å²) in [6.45, 7) is 0.0625. The maximum absolute atomic E-state index is 14.3. The standard InChI is InChI=1S/C27H23N3O6S/c1-34-21-12-17(13-22(35-2)24(21)31)23-19(14-28)27(29)36-25-18-10-6-7-11-20(18)30(37(32,33)26(23)25)15-16-8-4-3-5-9-16/h3-13,23,31H,15,29H2,1-2H3/t23-/m0/s1. The molecule has 0 spiro atoms. The number of hydrogen-bond acceptors (Lipinski definition) is 8. The molecule has 0 saturated carbocycles. The predicted octanol–water partition coefficient (Wildman–Crippen LogP) is 3.94. The molecule has 2 aliphatic rings. The van der Waals surface area contributed by atoms with Gasteiger partial charge in [0.1, 0.15) is 16.5 Å². The lowest BCUT2D eigenvalue weighted by molar-refractivity contribution is 0.338. The van der Waals surface area contributed by atoms with E-state index in [1.807, 2.05) is 36.4 Å². The zero-order valence-electron chi connectivity index (χ0n) is 20.0. The number of benzene rings is 3. The lowest BCUT2D eigenvalue weighted by Crippen LogP contribution is -2.39. The average molecular weight is 518 g/mol. The second-order valence-electron chi connectivity index (χ2n) is 8.41.